The lowest BCUT2D eigenvalue weighted by molar-refractivity contribution is -0.104. The van der Waals surface area contributed by atoms with E-state index in [2.05, 4.69) is 0 Å². The predicted molar refractivity (Wildman–Crippen MR) is 45.4 cm³/mol. The minimum atomic E-state index is -1.87. The molecule has 0 aliphatic carbocycles. The molecule has 0 saturated carbocycles. The van der Waals surface area contributed by atoms with Crippen LogP contribution in [-0.2, 0) is 4.79 Å². The van der Waals surface area contributed by atoms with Gasteiger partial charge in [-0.3, -0.25) is 4.79 Å². The number of rotatable bonds is 6. The normalized spacial score (nSPS) is 18.8. The van der Waals surface area contributed by atoms with Crippen molar-refractivity contribution in [2.75, 3.05) is 0 Å². The van der Waals surface area contributed by atoms with Crippen molar-refractivity contribution in [2.24, 2.45) is 0 Å². The summed E-state index contributed by atoms with van der Waals surface area (Å²) in [5, 5.41) is 9.22. The molecular formula is C9H16O2. The van der Waals surface area contributed by atoms with Gasteiger partial charge in [0.25, 0.3) is 0 Å². The second kappa shape index (κ2) is 7.48. The summed E-state index contributed by atoms with van der Waals surface area (Å²) < 4.78 is 20.8. The number of aliphatic hydroxyl groups is 1. The van der Waals surface area contributed by atoms with E-state index >= 15 is 0 Å². The van der Waals surface area contributed by atoms with E-state index in [4.69, 9.17) is 4.11 Å². The van der Waals surface area contributed by atoms with E-state index in [1.54, 1.807) is 0 Å². The van der Waals surface area contributed by atoms with Gasteiger partial charge in [0.05, 0.1) is 6.10 Å². The van der Waals surface area contributed by atoms with Crippen LogP contribution in [0.2, 0.25) is 0 Å². The van der Waals surface area contributed by atoms with Gasteiger partial charge in [0.2, 0.25) is 0 Å². The van der Waals surface area contributed by atoms with Crippen molar-refractivity contribution in [1.29, 1.82) is 0 Å². The van der Waals surface area contributed by atoms with Crippen LogP contribution < -0.4 is 0 Å². The van der Waals surface area contributed by atoms with Crippen molar-refractivity contribution in [3.8, 4) is 0 Å². The molecule has 0 spiro atoms. The zero-order valence-corrected chi connectivity index (χ0v) is 6.49. The summed E-state index contributed by atoms with van der Waals surface area (Å²) in [6.07, 6.45) is 4.52. The SMILES string of the molecule is [2H]C([2H])([2H])CCCCC(O)C=CC=O. The molecule has 0 saturated heterocycles. The largest absolute Gasteiger partial charge is 0.389 e. The van der Waals surface area contributed by atoms with Crippen molar-refractivity contribution in [3.63, 3.8) is 0 Å². The van der Waals surface area contributed by atoms with Crippen LogP contribution in [0.1, 0.15) is 36.6 Å². The van der Waals surface area contributed by atoms with Crippen LogP contribution in [0.15, 0.2) is 12.2 Å². The molecule has 0 aromatic carbocycles. The van der Waals surface area contributed by atoms with Crippen LogP contribution in [0.3, 0.4) is 0 Å². The maximum absolute atomic E-state index is 9.90. The summed E-state index contributed by atoms with van der Waals surface area (Å²) in [6, 6.07) is 0. The van der Waals surface area contributed by atoms with E-state index in [0.29, 0.717) is 25.5 Å². The second-order valence-electron chi connectivity index (χ2n) is 2.33. The topological polar surface area (TPSA) is 37.3 Å². The number of unbranched alkanes of at least 4 members (excludes halogenated alkanes) is 1. The Morgan fingerprint density at radius 1 is 1.64 bits per heavy atom. The summed E-state index contributed by atoms with van der Waals surface area (Å²) in [7, 11) is 0. The van der Waals surface area contributed by atoms with Crippen molar-refractivity contribution in [3.05, 3.63) is 12.2 Å². The first-order valence-corrected chi connectivity index (χ1v) is 3.76. The molecule has 2 nitrogen and oxygen atoms in total. The van der Waals surface area contributed by atoms with Gasteiger partial charge in [0.1, 0.15) is 6.29 Å². The number of hydrogen-bond donors (Lipinski definition) is 1. The Kier molecular flexibility index (Phi) is 4.04. The fourth-order valence-corrected chi connectivity index (χ4v) is 0.748. The third-order valence-electron chi connectivity index (χ3n) is 1.34. The lowest BCUT2D eigenvalue weighted by Crippen LogP contribution is -2.01. The molecule has 0 rings (SSSR count). The number of hydrogen-bond acceptors (Lipinski definition) is 2. The van der Waals surface area contributed by atoms with Gasteiger partial charge in [0, 0.05) is 4.11 Å². The molecular weight excluding hydrogens is 140 g/mol. The van der Waals surface area contributed by atoms with Gasteiger partial charge in [-0.2, -0.15) is 0 Å². The summed E-state index contributed by atoms with van der Waals surface area (Å²) >= 11 is 0. The van der Waals surface area contributed by atoms with Crippen molar-refractivity contribution < 1.29 is 14.0 Å². The maximum atomic E-state index is 9.90. The molecule has 1 N–H and O–H groups in total. The predicted octanol–water partition coefficient (Wildman–Crippen LogP) is 1.68. The van der Waals surface area contributed by atoms with Crippen molar-refractivity contribution in [1.82, 2.24) is 0 Å². The van der Waals surface area contributed by atoms with Crippen LogP contribution in [-0.4, -0.2) is 17.5 Å². The summed E-state index contributed by atoms with van der Waals surface area (Å²) in [5.74, 6) is 0. The molecule has 0 aromatic rings. The van der Waals surface area contributed by atoms with Crippen LogP contribution >= 0.6 is 0 Å². The minimum absolute atomic E-state index is 0.178. The van der Waals surface area contributed by atoms with Crippen LogP contribution in [0, 0.1) is 0 Å². The fraction of sp³-hybridized carbons (Fsp3) is 0.667. The molecule has 0 radical (unpaired) electrons. The molecule has 11 heavy (non-hydrogen) atoms. The van der Waals surface area contributed by atoms with Gasteiger partial charge in [-0.15, -0.1) is 0 Å². The average Bonchev–Trinajstić information content (AvgIpc) is 2.07. The van der Waals surface area contributed by atoms with E-state index in [1.807, 2.05) is 0 Å². The first-order valence-electron chi connectivity index (χ1n) is 5.26. The fourth-order valence-electron chi connectivity index (χ4n) is 0.748. The lowest BCUT2D eigenvalue weighted by atomic mass is 10.1. The highest BCUT2D eigenvalue weighted by Gasteiger charge is 1.96. The zero-order valence-electron chi connectivity index (χ0n) is 9.49. The van der Waals surface area contributed by atoms with E-state index < -0.39 is 13.0 Å². The molecule has 0 aliphatic heterocycles. The Hall–Kier alpha value is -0.630. The molecule has 0 amide bonds. The lowest BCUT2D eigenvalue weighted by Gasteiger charge is -2.02. The average molecular weight is 159 g/mol. The van der Waals surface area contributed by atoms with Gasteiger partial charge < -0.3 is 5.11 Å². The molecule has 0 heterocycles. The molecule has 0 fully saturated rings. The van der Waals surface area contributed by atoms with E-state index in [-0.39, 0.29) is 6.42 Å². The van der Waals surface area contributed by atoms with Gasteiger partial charge in [-0.05, 0) is 12.5 Å². The zero-order chi connectivity index (χ0) is 11.0. The quantitative estimate of drug-likeness (QED) is 0.364. The molecule has 0 aromatic heterocycles. The third-order valence-corrected chi connectivity index (χ3v) is 1.34. The highest BCUT2D eigenvalue weighted by molar-refractivity contribution is 5.64. The number of aldehydes is 1. The monoisotopic (exact) mass is 159 g/mol. The summed E-state index contributed by atoms with van der Waals surface area (Å²) in [5.41, 5.74) is 0. The molecule has 0 bridgehead atoms. The smallest absolute Gasteiger partial charge is 0.142 e. The van der Waals surface area contributed by atoms with E-state index in [0.717, 1.165) is 0 Å². The minimum Gasteiger partial charge on any atom is -0.389 e. The highest BCUT2D eigenvalue weighted by atomic mass is 16.3. The molecule has 2 heteroatoms. The molecule has 1 unspecified atom stereocenters. The summed E-state index contributed by atoms with van der Waals surface area (Å²) in [6.45, 7) is -1.87. The van der Waals surface area contributed by atoms with Crippen LogP contribution in [0.4, 0.5) is 0 Å². The standard InChI is InChI=1S/C9H16O2/c1-2-3-4-6-9(11)7-5-8-10/h5,7-9,11H,2-4,6H2,1H3/i1D3. The van der Waals surface area contributed by atoms with Gasteiger partial charge in [-0.25, -0.2) is 0 Å². The third kappa shape index (κ3) is 7.26. The first kappa shape index (κ1) is 5.95. The first-order chi connectivity index (χ1) is 6.45. The van der Waals surface area contributed by atoms with Crippen molar-refractivity contribution >= 4 is 6.29 Å². The van der Waals surface area contributed by atoms with E-state index in [9.17, 15) is 9.90 Å². The molecule has 1 atom stereocenters. The number of carbonyl (C=O) groups excluding carboxylic acids is 1. The number of aliphatic hydroxyl groups excluding tert-OH is 1. The Balaban J connectivity index is 3.45. The Morgan fingerprint density at radius 2 is 2.45 bits per heavy atom. The Morgan fingerprint density at radius 3 is 3.09 bits per heavy atom. The second-order valence-corrected chi connectivity index (χ2v) is 2.33. The number of carbonyl (C=O) groups is 1. The molecule has 0 aliphatic rings. The van der Waals surface area contributed by atoms with Crippen LogP contribution in [0.25, 0.3) is 0 Å². The van der Waals surface area contributed by atoms with Crippen LogP contribution in [0.5, 0.6) is 0 Å². The Labute approximate surface area is 72.1 Å². The highest BCUT2D eigenvalue weighted by Crippen LogP contribution is 2.03. The van der Waals surface area contributed by atoms with Gasteiger partial charge >= 0.3 is 0 Å². The summed E-state index contributed by atoms with van der Waals surface area (Å²) in [4.78, 5) is 9.90. The maximum Gasteiger partial charge on any atom is 0.142 e. The van der Waals surface area contributed by atoms with Gasteiger partial charge in [0.15, 0.2) is 0 Å². The molecule has 64 valence electrons. The van der Waals surface area contributed by atoms with Gasteiger partial charge in [-0.1, -0.05) is 32.2 Å². The van der Waals surface area contributed by atoms with Crippen molar-refractivity contribution in [2.45, 2.75) is 38.6 Å². The Bertz CT molecular complexity index is 187. The number of allylic oxidation sites excluding steroid dienone is 1. The van der Waals surface area contributed by atoms with E-state index in [1.165, 1.54) is 12.2 Å².